The Morgan fingerprint density at radius 1 is 1.53 bits per heavy atom. The number of Topliss-reactive ketones (excluding diaryl/α,β-unsaturated/α-hetero) is 1. The lowest BCUT2D eigenvalue weighted by Crippen LogP contribution is -2.29. The summed E-state index contributed by atoms with van der Waals surface area (Å²) in [5, 5.41) is 3.96. The van der Waals surface area contributed by atoms with Crippen LogP contribution >= 0.6 is 15.9 Å². The Morgan fingerprint density at radius 3 is 2.59 bits per heavy atom. The van der Waals surface area contributed by atoms with Crippen LogP contribution in [0.4, 0.5) is 8.78 Å². The first-order valence-corrected chi connectivity index (χ1v) is 6.29. The first-order chi connectivity index (χ1) is 7.91. The first kappa shape index (κ1) is 12.7. The van der Waals surface area contributed by atoms with E-state index in [1.165, 1.54) is 4.68 Å². The second-order valence-corrected chi connectivity index (χ2v) is 5.31. The summed E-state index contributed by atoms with van der Waals surface area (Å²) in [5.74, 6) is -2.99. The molecule has 1 aliphatic carbocycles. The average Bonchev–Trinajstić information content (AvgIpc) is 2.58. The molecule has 0 atom stereocenters. The number of halogens is 3. The van der Waals surface area contributed by atoms with E-state index in [0.29, 0.717) is 10.2 Å². The lowest BCUT2D eigenvalue weighted by atomic mass is 9.83. The van der Waals surface area contributed by atoms with Crippen LogP contribution in [0.15, 0.2) is 10.7 Å². The number of aryl methyl sites for hydroxylation is 1. The largest absolute Gasteiger partial charge is 0.292 e. The minimum atomic E-state index is -2.60. The van der Waals surface area contributed by atoms with Gasteiger partial charge in [0.25, 0.3) is 0 Å². The van der Waals surface area contributed by atoms with Crippen LogP contribution in [0, 0.1) is 5.92 Å². The van der Waals surface area contributed by atoms with E-state index in [2.05, 4.69) is 21.0 Å². The molecule has 0 aromatic carbocycles. The zero-order chi connectivity index (χ0) is 12.6. The predicted octanol–water partition coefficient (Wildman–Crippen LogP) is 3.19. The van der Waals surface area contributed by atoms with Crippen molar-refractivity contribution in [1.29, 1.82) is 0 Å². The maximum Gasteiger partial charge on any atom is 0.248 e. The summed E-state index contributed by atoms with van der Waals surface area (Å²) in [4.78, 5) is 12.2. The van der Waals surface area contributed by atoms with E-state index in [9.17, 15) is 13.6 Å². The molecule has 1 aromatic heterocycles. The molecule has 1 aromatic rings. The molecule has 17 heavy (non-hydrogen) atoms. The molecule has 3 nitrogen and oxygen atoms in total. The van der Waals surface area contributed by atoms with Gasteiger partial charge in [0.1, 0.15) is 5.69 Å². The van der Waals surface area contributed by atoms with E-state index < -0.39 is 5.92 Å². The van der Waals surface area contributed by atoms with Crippen LogP contribution in [-0.2, 0) is 7.05 Å². The molecule has 1 saturated carbocycles. The highest BCUT2D eigenvalue weighted by molar-refractivity contribution is 9.10. The van der Waals surface area contributed by atoms with Crippen LogP contribution in [0.1, 0.15) is 36.2 Å². The SMILES string of the molecule is Cn1ncc(Br)c1C(=O)C1CCC(F)(F)CC1. The molecule has 1 heterocycles. The van der Waals surface area contributed by atoms with E-state index in [1.54, 1.807) is 13.2 Å². The highest BCUT2D eigenvalue weighted by Gasteiger charge is 2.38. The number of aromatic nitrogens is 2. The van der Waals surface area contributed by atoms with Crippen molar-refractivity contribution >= 4 is 21.7 Å². The third kappa shape index (κ3) is 2.56. The molecule has 0 unspecified atom stereocenters. The van der Waals surface area contributed by atoms with Gasteiger partial charge in [-0.2, -0.15) is 5.10 Å². The van der Waals surface area contributed by atoms with Crippen LogP contribution in [-0.4, -0.2) is 21.5 Å². The summed E-state index contributed by atoms with van der Waals surface area (Å²) >= 11 is 3.25. The number of ketones is 1. The Morgan fingerprint density at radius 2 is 2.12 bits per heavy atom. The van der Waals surface area contributed by atoms with Gasteiger partial charge in [-0.3, -0.25) is 9.48 Å². The molecule has 0 spiro atoms. The van der Waals surface area contributed by atoms with Crippen LogP contribution in [0.3, 0.4) is 0 Å². The average molecular weight is 307 g/mol. The monoisotopic (exact) mass is 306 g/mol. The van der Waals surface area contributed by atoms with Crippen molar-refractivity contribution in [2.24, 2.45) is 13.0 Å². The third-order valence-electron chi connectivity index (χ3n) is 3.22. The minimum absolute atomic E-state index is 0.0904. The van der Waals surface area contributed by atoms with E-state index in [0.717, 1.165) is 0 Å². The van der Waals surface area contributed by atoms with Crippen molar-refractivity contribution in [2.75, 3.05) is 0 Å². The van der Waals surface area contributed by atoms with Crippen molar-refractivity contribution in [3.05, 3.63) is 16.4 Å². The van der Waals surface area contributed by atoms with Gasteiger partial charge in [0, 0.05) is 25.8 Å². The summed E-state index contributed by atoms with van der Waals surface area (Å²) < 4.78 is 28.1. The van der Waals surface area contributed by atoms with Crippen molar-refractivity contribution < 1.29 is 13.6 Å². The van der Waals surface area contributed by atoms with Crippen LogP contribution < -0.4 is 0 Å². The molecule has 6 heteroatoms. The van der Waals surface area contributed by atoms with E-state index in [1.807, 2.05) is 0 Å². The maximum atomic E-state index is 13.0. The first-order valence-electron chi connectivity index (χ1n) is 5.50. The van der Waals surface area contributed by atoms with Gasteiger partial charge in [0.05, 0.1) is 10.7 Å². The molecule has 94 valence electrons. The third-order valence-corrected chi connectivity index (χ3v) is 3.80. The molecule has 0 saturated heterocycles. The molecule has 2 rings (SSSR count). The Bertz CT molecular complexity index is 415. The second-order valence-electron chi connectivity index (χ2n) is 4.46. The summed E-state index contributed by atoms with van der Waals surface area (Å²) in [6.07, 6.45) is 1.66. The van der Waals surface area contributed by atoms with Gasteiger partial charge in [-0.25, -0.2) is 8.78 Å². The number of carbonyl (C=O) groups is 1. The standard InChI is InChI=1S/C11H13BrF2N2O/c1-16-9(8(12)6-15-16)10(17)7-2-4-11(13,14)5-3-7/h6-7H,2-5H2,1H3. The highest BCUT2D eigenvalue weighted by Crippen LogP contribution is 2.37. The van der Waals surface area contributed by atoms with Gasteiger partial charge >= 0.3 is 0 Å². The number of alkyl halides is 2. The van der Waals surface area contributed by atoms with E-state index >= 15 is 0 Å². The van der Waals surface area contributed by atoms with Gasteiger partial charge in [0.15, 0.2) is 5.78 Å². The second kappa shape index (κ2) is 4.48. The van der Waals surface area contributed by atoms with E-state index in [-0.39, 0.29) is 37.4 Å². The number of carbonyl (C=O) groups excluding carboxylic acids is 1. The number of nitrogens with zero attached hydrogens (tertiary/aromatic N) is 2. The number of hydrogen-bond donors (Lipinski definition) is 0. The molecule has 0 radical (unpaired) electrons. The van der Waals surface area contributed by atoms with Crippen molar-refractivity contribution in [1.82, 2.24) is 9.78 Å². The smallest absolute Gasteiger partial charge is 0.248 e. The zero-order valence-electron chi connectivity index (χ0n) is 9.42. The van der Waals surface area contributed by atoms with Crippen molar-refractivity contribution in [3.8, 4) is 0 Å². The Hall–Kier alpha value is -0.780. The molecule has 0 amide bonds. The number of rotatable bonds is 2. The van der Waals surface area contributed by atoms with Crippen LogP contribution in [0.25, 0.3) is 0 Å². The normalized spacial score (nSPS) is 20.5. The molecule has 1 fully saturated rings. The fraction of sp³-hybridized carbons (Fsp3) is 0.636. The van der Waals surface area contributed by atoms with Crippen LogP contribution in [0.2, 0.25) is 0 Å². The van der Waals surface area contributed by atoms with Crippen molar-refractivity contribution in [2.45, 2.75) is 31.6 Å². The molecule has 1 aliphatic rings. The summed E-state index contributed by atoms with van der Waals surface area (Å²) in [5.41, 5.74) is 0.472. The fourth-order valence-corrected chi connectivity index (χ4v) is 2.73. The number of hydrogen-bond acceptors (Lipinski definition) is 2. The molecular weight excluding hydrogens is 294 g/mol. The lowest BCUT2D eigenvalue weighted by molar-refractivity contribution is -0.0425. The van der Waals surface area contributed by atoms with Crippen LogP contribution in [0.5, 0.6) is 0 Å². The Kier molecular flexibility index (Phi) is 3.34. The van der Waals surface area contributed by atoms with Gasteiger partial charge in [-0.05, 0) is 28.8 Å². The highest BCUT2D eigenvalue weighted by atomic mass is 79.9. The quantitative estimate of drug-likeness (QED) is 0.787. The molecule has 0 N–H and O–H groups in total. The maximum absolute atomic E-state index is 13.0. The van der Waals surface area contributed by atoms with Gasteiger partial charge in [0.2, 0.25) is 5.92 Å². The van der Waals surface area contributed by atoms with Gasteiger partial charge in [-0.15, -0.1) is 0 Å². The zero-order valence-corrected chi connectivity index (χ0v) is 11.0. The summed E-state index contributed by atoms with van der Waals surface area (Å²) in [7, 11) is 1.68. The topological polar surface area (TPSA) is 34.9 Å². The Labute approximate surface area is 106 Å². The predicted molar refractivity (Wildman–Crippen MR) is 62.1 cm³/mol. The summed E-state index contributed by atoms with van der Waals surface area (Å²) in [6.45, 7) is 0. The Balaban J connectivity index is 2.12. The van der Waals surface area contributed by atoms with Gasteiger partial charge in [-0.1, -0.05) is 0 Å². The van der Waals surface area contributed by atoms with E-state index in [4.69, 9.17) is 0 Å². The molecular formula is C11H13BrF2N2O. The molecule has 0 bridgehead atoms. The van der Waals surface area contributed by atoms with Crippen molar-refractivity contribution in [3.63, 3.8) is 0 Å². The minimum Gasteiger partial charge on any atom is -0.292 e. The van der Waals surface area contributed by atoms with Gasteiger partial charge < -0.3 is 0 Å². The summed E-state index contributed by atoms with van der Waals surface area (Å²) in [6, 6.07) is 0. The fourth-order valence-electron chi connectivity index (χ4n) is 2.18. The molecule has 0 aliphatic heterocycles. The lowest BCUT2D eigenvalue weighted by Gasteiger charge is -2.27.